The highest BCUT2D eigenvalue weighted by atomic mass is 35.5. The molecule has 0 bridgehead atoms. The summed E-state index contributed by atoms with van der Waals surface area (Å²) in [6, 6.07) is 14.1. The van der Waals surface area contributed by atoms with E-state index in [1.165, 1.54) is 17.7 Å². The molecule has 0 aliphatic heterocycles. The quantitative estimate of drug-likeness (QED) is 0.383. The predicted octanol–water partition coefficient (Wildman–Crippen LogP) is 4.63. The number of aromatic amines is 1. The number of tetrazole rings is 1. The number of rotatable bonds is 12. The Morgan fingerprint density at radius 2 is 1.74 bits per heavy atom. The van der Waals surface area contributed by atoms with Gasteiger partial charge in [-0.25, -0.2) is 13.1 Å². The van der Waals surface area contributed by atoms with Crippen LogP contribution in [0.4, 0.5) is 0 Å². The Hall–Kier alpha value is -2.29. The molecule has 0 radical (unpaired) electrons. The molecule has 9 heteroatoms. The second-order valence-electron chi connectivity index (χ2n) is 7.55. The maximum absolute atomic E-state index is 12.9. The van der Waals surface area contributed by atoms with E-state index in [1.807, 2.05) is 12.1 Å². The fraction of sp³-hybridized carbons (Fsp3) is 0.409. The molecule has 0 fully saturated rings. The molecule has 166 valence electrons. The molecule has 0 saturated heterocycles. The Balaban J connectivity index is 1.67. The van der Waals surface area contributed by atoms with Crippen LogP contribution in [0.15, 0.2) is 53.4 Å². The number of aromatic nitrogens is 4. The van der Waals surface area contributed by atoms with Gasteiger partial charge in [0.25, 0.3) is 0 Å². The second-order valence-corrected chi connectivity index (χ2v) is 9.70. The molecule has 0 saturated carbocycles. The zero-order valence-corrected chi connectivity index (χ0v) is 19.2. The van der Waals surface area contributed by atoms with E-state index in [0.717, 1.165) is 50.5 Å². The first-order valence-electron chi connectivity index (χ1n) is 10.6. The van der Waals surface area contributed by atoms with Crippen LogP contribution < -0.4 is 4.72 Å². The minimum atomic E-state index is -3.64. The third-order valence-corrected chi connectivity index (χ3v) is 6.89. The summed E-state index contributed by atoms with van der Waals surface area (Å²) in [5.41, 5.74) is 2.16. The van der Waals surface area contributed by atoms with Crippen LogP contribution in [0.1, 0.15) is 62.0 Å². The lowest BCUT2D eigenvalue weighted by Crippen LogP contribution is -2.28. The molecule has 1 unspecified atom stereocenters. The lowest BCUT2D eigenvalue weighted by Gasteiger charge is -2.20. The Bertz CT molecular complexity index is 1020. The first-order valence-corrected chi connectivity index (χ1v) is 12.4. The summed E-state index contributed by atoms with van der Waals surface area (Å²) in [5.74, 6) is 0.712. The van der Waals surface area contributed by atoms with Crippen LogP contribution in [0.2, 0.25) is 5.02 Å². The van der Waals surface area contributed by atoms with Crippen molar-refractivity contribution in [2.24, 2.45) is 0 Å². The number of hydrogen-bond donors (Lipinski definition) is 2. The fourth-order valence-electron chi connectivity index (χ4n) is 3.42. The summed E-state index contributed by atoms with van der Waals surface area (Å²) >= 11 is 5.90. The second kappa shape index (κ2) is 11.4. The molecule has 1 heterocycles. The maximum Gasteiger partial charge on any atom is 0.241 e. The zero-order chi connectivity index (χ0) is 22.1. The summed E-state index contributed by atoms with van der Waals surface area (Å²) in [6.07, 6.45) is 6.42. The summed E-state index contributed by atoms with van der Waals surface area (Å²) in [4.78, 5) is 0.218. The van der Waals surface area contributed by atoms with Crippen molar-refractivity contribution in [3.63, 3.8) is 0 Å². The van der Waals surface area contributed by atoms with Crippen molar-refractivity contribution >= 4 is 21.6 Å². The van der Waals surface area contributed by atoms with E-state index >= 15 is 0 Å². The molecule has 1 atom stereocenters. The number of halogens is 1. The minimum Gasteiger partial charge on any atom is -0.207 e. The van der Waals surface area contributed by atoms with Crippen LogP contribution in [0, 0.1) is 0 Å². The van der Waals surface area contributed by atoms with Gasteiger partial charge in [0, 0.05) is 17.5 Å². The van der Waals surface area contributed by atoms with Crippen molar-refractivity contribution in [2.75, 3.05) is 0 Å². The molecule has 0 aliphatic carbocycles. The van der Waals surface area contributed by atoms with Crippen LogP contribution in [-0.2, 0) is 22.9 Å². The van der Waals surface area contributed by atoms with Crippen LogP contribution in [0.5, 0.6) is 0 Å². The normalized spacial score (nSPS) is 12.7. The molecule has 2 N–H and O–H groups in total. The highest BCUT2D eigenvalue weighted by Gasteiger charge is 2.21. The molecule has 7 nitrogen and oxygen atoms in total. The molecule has 0 aliphatic rings. The standard InChI is InChI=1S/C22H28ClN5O2S/c1-2-3-4-7-21(26-31(29,30)20-15-13-19(23)14-16-20)18-11-9-17(10-12-18)6-5-8-22-24-27-28-25-22/h9-16,21,26H,2-8H2,1H3,(H,24,25,27,28). The van der Waals surface area contributed by atoms with Gasteiger partial charge in [-0.2, -0.15) is 5.21 Å². The minimum absolute atomic E-state index is 0.218. The Kier molecular flexibility index (Phi) is 8.57. The van der Waals surface area contributed by atoms with E-state index in [0.29, 0.717) is 10.8 Å². The van der Waals surface area contributed by atoms with Crippen molar-refractivity contribution in [1.82, 2.24) is 25.3 Å². The van der Waals surface area contributed by atoms with E-state index in [4.69, 9.17) is 11.6 Å². The van der Waals surface area contributed by atoms with E-state index < -0.39 is 10.0 Å². The maximum atomic E-state index is 12.9. The highest BCUT2D eigenvalue weighted by Crippen LogP contribution is 2.24. The number of sulfonamides is 1. The fourth-order valence-corrected chi connectivity index (χ4v) is 4.80. The highest BCUT2D eigenvalue weighted by molar-refractivity contribution is 7.89. The van der Waals surface area contributed by atoms with Crippen molar-refractivity contribution < 1.29 is 8.42 Å². The van der Waals surface area contributed by atoms with Crippen LogP contribution >= 0.6 is 11.6 Å². The monoisotopic (exact) mass is 461 g/mol. The third-order valence-electron chi connectivity index (χ3n) is 5.15. The van der Waals surface area contributed by atoms with Gasteiger partial charge < -0.3 is 0 Å². The summed E-state index contributed by atoms with van der Waals surface area (Å²) in [6.45, 7) is 2.14. The average molecular weight is 462 g/mol. The van der Waals surface area contributed by atoms with Crippen molar-refractivity contribution in [3.05, 3.63) is 70.5 Å². The Labute approximate surface area is 188 Å². The molecule has 3 aromatic rings. The summed E-state index contributed by atoms with van der Waals surface area (Å²) < 4.78 is 28.7. The van der Waals surface area contributed by atoms with Gasteiger partial charge in [-0.1, -0.05) is 67.3 Å². The number of benzene rings is 2. The summed E-state index contributed by atoms with van der Waals surface area (Å²) in [5, 5.41) is 14.5. The number of unbranched alkanes of at least 4 members (excludes halogenated alkanes) is 2. The Morgan fingerprint density at radius 1 is 1.00 bits per heavy atom. The number of aryl methyl sites for hydroxylation is 2. The average Bonchev–Trinajstić information content (AvgIpc) is 3.27. The lowest BCUT2D eigenvalue weighted by atomic mass is 9.99. The molecule has 3 rings (SSSR count). The van der Waals surface area contributed by atoms with Gasteiger partial charge in [-0.15, -0.1) is 10.2 Å². The van der Waals surface area contributed by atoms with Crippen LogP contribution in [0.3, 0.4) is 0 Å². The smallest absolute Gasteiger partial charge is 0.207 e. The third kappa shape index (κ3) is 7.12. The van der Waals surface area contributed by atoms with Crippen molar-refractivity contribution in [3.8, 4) is 0 Å². The van der Waals surface area contributed by atoms with Gasteiger partial charge in [-0.05, 0) is 54.7 Å². The van der Waals surface area contributed by atoms with E-state index in [2.05, 4.69) is 44.4 Å². The van der Waals surface area contributed by atoms with Gasteiger partial charge in [0.1, 0.15) is 0 Å². The van der Waals surface area contributed by atoms with Gasteiger partial charge >= 0.3 is 0 Å². The van der Waals surface area contributed by atoms with Crippen LogP contribution in [0.25, 0.3) is 0 Å². The molecule has 0 spiro atoms. The molecule has 2 aromatic carbocycles. The molecular weight excluding hydrogens is 434 g/mol. The predicted molar refractivity (Wildman–Crippen MR) is 121 cm³/mol. The zero-order valence-electron chi connectivity index (χ0n) is 17.6. The molecule has 31 heavy (non-hydrogen) atoms. The topological polar surface area (TPSA) is 101 Å². The number of nitrogens with zero attached hydrogens (tertiary/aromatic N) is 3. The number of hydrogen-bond acceptors (Lipinski definition) is 5. The molecule has 1 aromatic heterocycles. The van der Waals surface area contributed by atoms with Crippen LogP contribution in [-0.4, -0.2) is 29.0 Å². The van der Waals surface area contributed by atoms with Gasteiger partial charge in [0.2, 0.25) is 10.0 Å². The van der Waals surface area contributed by atoms with Gasteiger partial charge in [-0.3, -0.25) is 0 Å². The first-order chi connectivity index (χ1) is 15.0. The van der Waals surface area contributed by atoms with E-state index in [1.54, 1.807) is 12.1 Å². The first kappa shape index (κ1) is 23.4. The number of H-pyrrole nitrogens is 1. The van der Waals surface area contributed by atoms with E-state index in [9.17, 15) is 8.42 Å². The van der Waals surface area contributed by atoms with E-state index in [-0.39, 0.29) is 10.9 Å². The molecular formula is C22H28ClN5O2S. The largest absolute Gasteiger partial charge is 0.241 e. The van der Waals surface area contributed by atoms with Crippen molar-refractivity contribution in [1.29, 1.82) is 0 Å². The lowest BCUT2D eigenvalue weighted by molar-refractivity contribution is 0.518. The number of nitrogens with one attached hydrogen (secondary N) is 2. The van der Waals surface area contributed by atoms with Crippen molar-refractivity contribution in [2.45, 2.75) is 62.8 Å². The Morgan fingerprint density at radius 3 is 2.39 bits per heavy atom. The SMILES string of the molecule is CCCCCC(NS(=O)(=O)c1ccc(Cl)cc1)c1ccc(CCCc2nn[nH]n2)cc1. The van der Waals surface area contributed by atoms with Gasteiger partial charge in [0.15, 0.2) is 5.82 Å². The summed E-state index contributed by atoms with van der Waals surface area (Å²) in [7, 11) is -3.64. The molecule has 0 amide bonds. The van der Waals surface area contributed by atoms with Gasteiger partial charge in [0.05, 0.1) is 4.90 Å².